The molecule has 1 aromatic carbocycles. The van der Waals surface area contributed by atoms with E-state index in [9.17, 15) is 8.42 Å². The van der Waals surface area contributed by atoms with Crippen LogP contribution in [0.5, 0.6) is 0 Å². The van der Waals surface area contributed by atoms with Gasteiger partial charge in [0.25, 0.3) is 0 Å². The van der Waals surface area contributed by atoms with Crippen molar-refractivity contribution in [2.75, 3.05) is 7.05 Å². The zero-order valence-electron chi connectivity index (χ0n) is 9.70. The minimum Gasteiger partial charge on any atom is -0.317 e. The van der Waals surface area contributed by atoms with Gasteiger partial charge in [-0.15, -0.1) is 0 Å². The van der Waals surface area contributed by atoms with Crippen LogP contribution in [0.3, 0.4) is 0 Å². The number of halogens is 1. The third-order valence-electron chi connectivity index (χ3n) is 2.91. The van der Waals surface area contributed by atoms with Gasteiger partial charge in [-0.25, -0.2) is 8.42 Å². The highest BCUT2D eigenvalue weighted by atomic mass is 79.9. The van der Waals surface area contributed by atoms with Crippen molar-refractivity contribution in [1.29, 1.82) is 0 Å². The largest absolute Gasteiger partial charge is 0.317 e. The molecule has 1 unspecified atom stereocenters. The zero-order chi connectivity index (χ0) is 12.6. The number of rotatable bonds is 3. The molecule has 1 atom stereocenters. The molecule has 0 spiro atoms. The molecule has 1 heterocycles. The number of hydrogen-bond acceptors (Lipinski definition) is 3. The van der Waals surface area contributed by atoms with Gasteiger partial charge < -0.3 is 5.32 Å². The average molecular weight is 316 g/mol. The highest BCUT2D eigenvalue weighted by Crippen LogP contribution is 2.37. The van der Waals surface area contributed by atoms with E-state index in [0.29, 0.717) is 11.3 Å². The van der Waals surface area contributed by atoms with Crippen LogP contribution >= 0.6 is 15.9 Å². The van der Waals surface area contributed by atoms with Gasteiger partial charge in [-0.1, -0.05) is 15.9 Å². The predicted molar refractivity (Wildman–Crippen MR) is 72.4 cm³/mol. The molecule has 0 amide bonds. The molecule has 1 N–H and O–H groups in total. The SMILES string of the molecule is CNC(C)CC1=CS(=O)(=O)c2ccc(Br)cc21. The van der Waals surface area contributed by atoms with Crippen LogP contribution in [0.25, 0.3) is 5.57 Å². The van der Waals surface area contributed by atoms with E-state index < -0.39 is 9.84 Å². The van der Waals surface area contributed by atoms with E-state index in [1.807, 2.05) is 20.0 Å². The lowest BCUT2D eigenvalue weighted by Gasteiger charge is -2.11. The van der Waals surface area contributed by atoms with Crippen LogP contribution < -0.4 is 5.32 Å². The van der Waals surface area contributed by atoms with Gasteiger partial charge in [0.2, 0.25) is 9.84 Å². The number of fused-ring (bicyclic) bond motifs is 1. The fourth-order valence-electron chi connectivity index (χ4n) is 1.91. The maximum absolute atomic E-state index is 11.9. The van der Waals surface area contributed by atoms with Crippen LogP contribution in [0.4, 0.5) is 0 Å². The van der Waals surface area contributed by atoms with Gasteiger partial charge in [0.15, 0.2) is 0 Å². The Balaban J connectivity index is 2.48. The van der Waals surface area contributed by atoms with Crippen LogP contribution in [0.1, 0.15) is 18.9 Å². The molecule has 0 aromatic heterocycles. The minimum absolute atomic E-state index is 0.251. The molecule has 0 bridgehead atoms. The summed E-state index contributed by atoms with van der Waals surface area (Å²) in [5.41, 5.74) is 1.70. The minimum atomic E-state index is -3.24. The molecule has 0 saturated carbocycles. The molecule has 3 nitrogen and oxygen atoms in total. The summed E-state index contributed by atoms with van der Waals surface area (Å²) < 4.78 is 24.8. The van der Waals surface area contributed by atoms with Crippen LogP contribution in [-0.4, -0.2) is 21.5 Å². The topological polar surface area (TPSA) is 46.2 Å². The van der Waals surface area contributed by atoms with Crippen molar-refractivity contribution in [3.63, 3.8) is 0 Å². The summed E-state index contributed by atoms with van der Waals surface area (Å²) in [7, 11) is -1.36. The Morgan fingerprint density at radius 2 is 2.12 bits per heavy atom. The second-order valence-electron chi connectivity index (χ2n) is 4.22. The van der Waals surface area contributed by atoms with Crippen molar-refractivity contribution in [3.05, 3.63) is 33.6 Å². The lowest BCUT2D eigenvalue weighted by molar-refractivity contribution is 0.605. The van der Waals surface area contributed by atoms with E-state index in [1.165, 1.54) is 5.41 Å². The predicted octanol–water partition coefficient (Wildman–Crippen LogP) is 2.58. The smallest absolute Gasteiger partial charge is 0.200 e. The van der Waals surface area contributed by atoms with Gasteiger partial charge in [-0.2, -0.15) is 0 Å². The first-order valence-corrected chi connectivity index (χ1v) is 7.71. The Bertz CT molecular complexity index is 578. The number of nitrogens with one attached hydrogen (secondary N) is 1. The van der Waals surface area contributed by atoms with Crippen LogP contribution in [0.15, 0.2) is 33.0 Å². The van der Waals surface area contributed by atoms with Gasteiger partial charge in [0.05, 0.1) is 4.90 Å². The highest BCUT2D eigenvalue weighted by Gasteiger charge is 2.27. The van der Waals surface area contributed by atoms with E-state index in [4.69, 9.17) is 0 Å². The van der Waals surface area contributed by atoms with Crippen LogP contribution in [0, 0.1) is 0 Å². The summed E-state index contributed by atoms with van der Waals surface area (Å²) in [6.07, 6.45) is 0.708. The molecule has 0 fully saturated rings. The quantitative estimate of drug-likeness (QED) is 0.932. The molecule has 5 heteroatoms. The third-order valence-corrected chi connectivity index (χ3v) is 4.97. The van der Waals surface area contributed by atoms with Gasteiger partial charge in [0, 0.05) is 15.9 Å². The fraction of sp³-hybridized carbons (Fsp3) is 0.333. The molecular weight excluding hydrogens is 302 g/mol. The normalized spacial score (nSPS) is 18.6. The van der Waals surface area contributed by atoms with E-state index in [0.717, 1.165) is 15.6 Å². The summed E-state index contributed by atoms with van der Waals surface area (Å²) in [5, 5.41) is 4.50. The van der Waals surface area contributed by atoms with Crippen molar-refractivity contribution in [2.45, 2.75) is 24.3 Å². The Morgan fingerprint density at radius 1 is 1.41 bits per heavy atom. The molecule has 1 aliphatic rings. The van der Waals surface area contributed by atoms with Gasteiger partial charge >= 0.3 is 0 Å². The molecule has 0 radical (unpaired) electrons. The average Bonchev–Trinajstić information content (AvgIpc) is 2.50. The van der Waals surface area contributed by atoms with E-state index in [-0.39, 0.29) is 6.04 Å². The second kappa shape index (κ2) is 4.55. The molecular formula is C12H14BrNO2S. The van der Waals surface area contributed by atoms with Gasteiger partial charge in [-0.3, -0.25) is 0 Å². The molecule has 2 rings (SSSR count). The molecule has 1 aromatic rings. The number of benzene rings is 1. The van der Waals surface area contributed by atoms with E-state index in [1.54, 1.807) is 12.1 Å². The Morgan fingerprint density at radius 3 is 2.76 bits per heavy atom. The standard InChI is InChI=1S/C12H14BrNO2S/c1-8(14-2)5-9-7-17(15,16)12-4-3-10(13)6-11(9)12/h3-4,6-8,14H,5H2,1-2H3. The molecule has 0 aliphatic carbocycles. The fourth-order valence-corrected chi connectivity index (χ4v) is 3.75. The van der Waals surface area contributed by atoms with Gasteiger partial charge in [-0.05, 0) is 49.7 Å². The van der Waals surface area contributed by atoms with Crippen molar-refractivity contribution in [1.82, 2.24) is 5.32 Å². The Kier molecular flexibility index (Phi) is 3.43. The lowest BCUT2D eigenvalue weighted by Crippen LogP contribution is -2.21. The maximum Gasteiger partial charge on any atom is 0.200 e. The van der Waals surface area contributed by atoms with Crippen LogP contribution in [-0.2, 0) is 9.84 Å². The van der Waals surface area contributed by atoms with Gasteiger partial charge in [0.1, 0.15) is 0 Å². The Labute approximate surface area is 110 Å². The molecule has 17 heavy (non-hydrogen) atoms. The molecule has 1 aliphatic heterocycles. The summed E-state index contributed by atoms with van der Waals surface area (Å²) in [6, 6.07) is 5.53. The summed E-state index contributed by atoms with van der Waals surface area (Å²) in [6.45, 7) is 2.03. The monoisotopic (exact) mass is 315 g/mol. The Hall–Kier alpha value is -0.650. The first-order valence-electron chi connectivity index (χ1n) is 5.37. The third kappa shape index (κ3) is 2.46. The number of sulfone groups is 1. The highest BCUT2D eigenvalue weighted by molar-refractivity contribution is 9.10. The summed E-state index contributed by atoms with van der Waals surface area (Å²) >= 11 is 3.38. The number of hydrogen-bond donors (Lipinski definition) is 1. The van der Waals surface area contributed by atoms with Crippen molar-refractivity contribution >= 4 is 31.3 Å². The molecule has 0 saturated heterocycles. The van der Waals surface area contributed by atoms with E-state index in [2.05, 4.69) is 21.2 Å². The van der Waals surface area contributed by atoms with Crippen LogP contribution in [0.2, 0.25) is 0 Å². The second-order valence-corrected chi connectivity index (χ2v) is 6.90. The lowest BCUT2D eigenvalue weighted by atomic mass is 10.0. The first kappa shape index (κ1) is 12.8. The summed E-state index contributed by atoms with van der Waals surface area (Å²) in [4.78, 5) is 0.416. The van der Waals surface area contributed by atoms with E-state index >= 15 is 0 Å². The maximum atomic E-state index is 11.9. The first-order chi connectivity index (χ1) is 7.94. The zero-order valence-corrected chi connectivity index (χ0v) is 12.1. The summed E-state index contributed by atoms with van der Waals surface area (Å²) in [5.74, 6) is 0. The molecule has 92 valence electrons. The van der Waals surface area contributed by atoms with Crippen molar-refractivity contribution in [3.8, 4) is 0 Å². The van der Waals surface area contributed by atoms with Crippen molar-refractivity contribution in [2.24, 2.45) is 0 Å². The van der Waals surface area contributed by atoms with Crippen molar-refractivity contribution < 1.29 is 8.42 Å².